The summed E-state index contributed by atoms with van der Waals surface area (Å²) in [4.78, 5) is 10.7. The summed E-state index contributed by atoms with van der Waals surface area (Å²) in [7, 11) is 0. The molecule has 4 nitrogen and oxygen atoms in total. The van der Waals surface area contributed by atoms with E-state index in [0.717, 1.165) is 17.8 Å². The van der Waals surface area contributed by atoms with E-state index in [-0.39, 0.29) is 16.4 Å². The van der Waals surface area contributed by atoms with Crippen molar-refractivity contribution in [1.82, 2.24) is 0 Å². The van der Waals surface area contributed by atoms with Crippen LogP contribution in [0.3, 0.4) is 0 Å². The first-order chi connectivity index (χ1) is 9.12. The van der Waals surface area contributed by atoms with Crippen LogP contribution in [0.25, 0.3) is 0 Å². The van der Waals surface area contributed by atoms with Crippen LogP contribution in [-0.4, -0.2) is 32.3 Å². The van der Waals surface area contributed by atoms with E-state index in [4.69, 9.17) is 0 Å². The average Bonchev–Trinajstić information content (AvgIpc) is 2.33. The minimum atomic E-state index is -4.61. The molecule has 0 aliphatic rings. The molecule has 0 amide bonds. The highest BCUT2D eigenvalue weighted by molar-refractivity contribution is 8.13. The molecule has 2 atom stereocenters. The Hall–Kier alpha value is -1.25. The predicted octanol–water partition coefficient (Wildman–Crippen LogP) is 2.09. The third-order valence-corrected chi connectivity index (χ3v) is 3.41. The summed E-state index contributed by atoms with van der Waals surface area (Å²) in [6.45, 7) is 1.28. The lowest BCUT2D eigenvalue weighted by Gasteiger charge is -2.19. The first-order valence-electron chi connectivity index (χ1n) is 5.52. The third kappa shape index (κ3) is 4.39. The van der Waals surface area contributed by atoms with Crippen LogP contribution in [0, 0.1) is 0 Å². The number of hydrogen-bond donors (Lipinski definition) is 3. The number of halogens is 3. The Balaban J connectivity index is 2.88. The predicted molar refractivity (Wildman–Crippen MR) is 67.2 cm³/mol. The van der Waals surface area contributed by atoms with Gasteiger partial charge in [-0.1, -0.05) is 17.8 Å². The standard InChI is InChI=1S/C12H13F3O4S/c1-6(16)20-5-10(18)11(19)8-3-2-7(4-9(8)17)12(13,14)15/h2-4,10-11,17-19H,5H2,1H3. The third-order valence-electron chi connectivity index (χ3n) is 2.50. The Morgan fingerprint density at radius 3 is 2.40 bits per heavy atom. The molecule has 20 heavy (non-hydrogen) atoms. The van der Waals surface area contributed by atoms with E-state index in [1.165, 1.54) is 6.92 Å². The molecule has 1 rings (SSSR count). The van der Waals surface area contributed by atoms with Gasteiger partial charge in [-0.3, -0.25) is 4.79 Å². The van der Waals surface area contributed by atoms with Crippen LogP contribution in [0.1, 0.15) is 24.2 Å². The molecule has 2 unspecified atom stereocenters. The van der Waals surface area contributed by atoms with E-state index in [1.807, 2.05) is 0 Å². The lowest BCUT2D eigenvalue weighted by atomic mass is 10.0. The minimum Gasteiger partial charge on any atom is -0.508 e. The van der Waals surface area contributed by atoms with E-state index in [1.54, 1.807) is 0 Å². The molecule has 0 aromatic heterocycles. The molecule has 1 aromatic carbocycles. The van der Waals surface area contributed by atoms with Crippen molar-refractivity contribution < 1.29 is 33.3 Å². The van der Waals surface area contributed by atoms with E-state index in [2.05, 4.69) is 0 Å². The number of phenolic OH excluding ortho intramolecular Hbond substituents is 1. The first-order valence-corrected chi connectivity index (χ1v) is 6.51. The van der Waals surface area contributed by atoms with Gasteiger partial charge in [0.15, 0.2) is 5.12 Å². The molecular weight excluding hydrogens is 297 g/mol. The van der Waals surface area contributed by atoms with Gasteiger partial charge in [-0.2, -0.15) is 13.2 Å². The molecule has 8 heteroatoms. The Kier molecular flexibility index (Phi) is 5.43. The number of phenols is 1. The topological polar surface area (TPSA) is 77.8 Å². The molecule has 0 spiro atoms. The highest BCUT2D eigenvalue weighted by Gasteiger charge is 2.32. The van der Waals surface area contributed by atoms with Crippen molar-refractivity contribution in [3.8, 4) is 5.75 Å². The van der Waals surface area contributed by atoms with Gasteiger partial charge in [0.25, 0.3) is 0 Å². The summed E-state index contributed by atoms with van der Waals surface area (Å²) in [5.74, 6) is -0.893. The molecule has 0 saturated heterocycles. The number of carbonyl (C=O) groups is 1. The van der Waals surface area contributed by atoms with Crippen LogP contribution in [0.5, 0.6) is 5.75 Å². The maximum absolute atomic E-state index is 12.4. The number of aliphatic hydroxyl groups excluding tert-OH is 2. The zero-order chi connectivity index (χ0) is 15.5. The second-order valence-electron chi connectivity index (χ2n) is 4.09. The quantitative estimate of drug-likeness (QED) is 0.794. The summed E-state index contributed by atoms with van der Waals surface area (Å²) in [6, 6.07) is 2.07. The van der Waals surface area contributed by atoms with Gasteiger partial charge in [-0.05, 0) is 12.1 Å². The largest absolute Gasteiger partial charge is 0.508 e. The summed E-state index contributed by atoms with van der Waals surface area (Å²) in [6.07, 6.45) is -7.57. The molecule has 0 aliphatic carbocycles. The molecular formula is C12H13F3O4S. The maximum Gasteiger partial charge on any atom is 0.416 e. The number of alkyl halides is 3. The zero-order valence-corrected chi connectivity index (χ0v) is 11.2. The normalized spacial score (nSPS) is 14.9. The van der Waals surface area contributed by atoms with Gasteiger partial charge in [0.2, 0.25) is 0 Å². The van der Waals surface area contributed by atoms with Gasteiger partial charge in [0.1, 0.15) is 11.9 Å². The monoisotopic (exact) mass is 310 g/mol. The van der Waals surface area contributed by atoms with Crippen molar-refractivity contribution in [3.05, 3.63) is 29.3 Å². The first kappa shape index (κ1) is 16.8. The van der Waals surface area contributed by atoms with Gasteiger partial charge in [0.05, 0.1) is 11.7 Å². The van der Waals surface area contributed by atoms with Gasteiger partial charge in [-0.25, -0.2) is 0 Å². The van der Waals surface area contributed by atoms with Gasteiger partial charge >= 0.3 is 6.18 Å². The minimum absolute atomic E-state index is 0.128. The van der Waals surface area contributed by atoms with Crippen molar-refractivity contribution in [1.29, 1.82) is 0 Å². The Bertz CT molecular complexity index is 490. The van der Waals surface area contributed by atoms with Gasteiger partial charge in [-0.15, -0.1) is 0 Å². The second-order valence-corrected chi connectivity index (χ2v) is 5.28. The molecule has 1 aromatic rings. The fourth-order valence-electron chi connectivity index (χ4n) is 1.47. The van der Waals surface area contributed by atoms with Crippen molar-refractivity contribution in [2.24, 2.45) is 0 Å². The van der Waals surface area contributed by atoms with Crippen LogP contribution in [0.4, 0.5) is 13.2 Å². The molecule has 0 saturated carbocycles. The summed E-state index contributed by atoms with van der Waals surface area (Å²) < 4.78 is 37.2. The summed E-state index contributed by atoms with van der Waals surface area (Å²) >= 11 is 0.765. The number of carbonyl (C=O) groups excluding carboxylic acids is 1. The fraction of sp³-hybridized carbons (Fsp3) is 0.417. The van der Waals surface area contributed by atoms with Crippen LogP contribution < -0.4 is 0 Å². The molecule has 3 N–H and O–H groups in total. The highest BCUT2D eigenvalue weighted by atomic mass is 32.2. The number of hydrogen-bond acceptors (Lipinski definition) is 5. The van der Waals surface area contributed by atoms with Crippen molar-refractivity contribution in [2.75, 3.05) is 5.75 Å². The van der Waals surface area contributed by atoms with E-state index < -0.39 is 29.7 Å². The van der Waals surface area contributed by atoms with Gasteiger partial charge < -0.3 is 15.3 Å². The SMILES string of the molecule is CC(=O)SCC(O)C(O)c1ccc(C(F)(F)F)cc1O. The number of thioether (sulfide) groups is 1. The molecule has 112 valence electrons. The number of benzene rings is 1. The van der Waals surface area contributed by atoms with Crippen LogP contribution in [0.2, 0.25) is 0 Å². The Labute approximate surface area is 117 Å². The van der Waals surface area contributed by atoms with Crippen molar-refractivity contribution >= 4 is 16.9 Å². The Morgan fingerprint density at radius 2 is 1.95 bits per heavy atom. The zero-order valence-electron chi connectivity index (χ0n) is 10.4. The average molecular weight is 310 g/mol. The van der Waals surface area contributed by atoms with E-state index >= 15 is 0 Å². The second kappa shape index (κ2) is 6.47. The lowest BCUT2D eigenvalue weighted by molar-refractivity contribution is -0.137. The molecule has 0 heterocycles. The maximum atomic E-state index is 12.4. The number of aromatic hydroxyl groups is 1. The number of rotatable bonds is 4. The fourth-order valence-corrected chi connectivity index (χ4v) is 2.06. The summed E-state index contributed by atoms with van der Waals surface area (Å²) in [5, 5.41) is 28.6. The Morgan fingerprint density at radius 1 is 1.35 bits per heavy atom. The van der Waals surface area contributed by atoms with E-state index in [0.29, 0.717) is 12.1 Å². The number of aliphatic hydroxyl groups is 2. The molecule has 0 fully saturated rings. The lowest BCUT2D eigenvalue weighted by Crippen LogP contribution is -2.21. The molecule has 0 bridgehead atoms. The van der Waals surface area contributed by atoms with Crippen LogP contribution in [0.15, 0.2) is 18.2 Å². The van der Waals surface area contributed by atoms with E-state index in [9.17, 15) is 33.3 Å². The van der Waals surface area contributed by atoms with Crippen LogP contribution >= 0.6 is 11.8 Å². The van der Waals surface area contributed by atoms with Crippen LogP contribution in [-0.2, 0) is 11.0 Å². The van der Waals surface area contributed by atoms with Gasteiger partial charge in [0, 0.05) is 18.2 Å². The molecule has 0 radical (unpaired) electrons. The highest BCUT2D eigenvalue weighted by Crippen LogP contribution is 2.35. The van der Waals surface area contributed by atoms with Crippen molar-refractivity contribution in [3.63, 3.8) is 0 Å². The summed E-state index contributed by atoms with van der Waals surface area (Å²) in [5.41, 5.74) is -1.28. The van der Waals surface area contributed by atoms with Crippen molar-refractivity contribution in [2.45, 2.75) is 25.3 Å². The molecule has 0 aliphatic heterocycles. The smallest absolute Gasteiger partial charge is 0.416 e.